The van der Waals surface area contributed by atoms with Crippen LogP contribution in [0.1, 0.15) is 28.4 Å². The Morgan fingerprint density at radius 1 is 1.33 bits per heavy atom. The first-order valence-corrected chi connectivity index (χ1v) is 11.5. The van der Waals surface area contributed by atoms with Crippen LogP contribution in [0.5, 0.6) is 0 Å². The number of hydrogen-bond acceptors (Lipinski definition) is 7. The molecule has 7 nitrogen and oxygen atoms in total. The number of H-pyrrole nitrogens is 1. The molecular weight excluding hydrogens is 386 g/mol. The van der Waals surface area contributed by atoms with E-state index in [4.69, 9.17) is 4.42 Å². The molecular formula is C18H19N3O4S2. The summed E-state index contributed by atoms with van der Waals surface area (Å²) >= 11 is 1.20. The predicted octanol–water partition coefficient (Wildman–Crippen LogP) is 2.81. The first-order chi connectivity index (χ1) is 12.9. The maximum Gasteiger partial charge on any atom is 0.277 e. The minimum Gasteiger partial charge on any atom is -0.416 e. The van der Waals surface area contributed by atoms with Crippen LogP contribution in [0.3, 0.4) is 0 Å². The van der Waals surface area contributed by atoms with Gasteiger partial charge in [0.15, 0.2) is 15.6 Å². The number of aromatic amines is 1. The largest absolute Gasteiger partial charge is 0.416 e. The van der Waals surface area contributed by atoms with Crippen LogP contribution in [-0.4, -0.2) is 46.6 Å². The van der Waals surface area contributed by atoms with Gasteiger partial charge in [0.1, 0.15) is 0 Å². The number of aryl methyl sites for hydroxylation is 1. The highest BCUT2D eigenvalue weighted by molar-refractivity contribution is 7.99. The molecule has 0 amide bonds. The summed E-state index contributed by atoms with van der Waals surface area (Å²) in [4.78, 5) is 15.9. The minimum absolute atomic E-state index is 0.00316. The molecule has 4 rings (SSSR count). The van der Waals surface area contributed by atoms with Crippen LogP contribution in [0.25, 0.3) is 10.9 Å². The Morgan fingerprint density at radius 2 is 2.15 bits per heavy atom. The lowest BCUT2D eigenvalue weighted by Gasteiger charge is -2.02. The highest BCUT2D eigenvalue weighted by atomic mass is 32.2. The highest BCUT2D eigenvalue weighted by Gasteiger charge is 2.29. The van der Waals surface area contributed by atoms with E-state index in [1.165, 1.54) is 11.8 Å². The Balaban J connectivity index is 1.40. The van der Waals surface area contributed by atoms with Gasteiger partial charge in [0.05, 0.1) is 17.3 Å². The summed E-state index contributed by atoms with van der Waals surface area (Å²) in [5.74, 6) is 1.06. The van der Waals surface area contributed by atoms with Crippen molar-refractivity contribution in [2.24, 2.45) is 5.92 Å². The highest BCUT2D eigenvalue weighted by Crippen LogP contribution is 2.26. The Labute approximate surface area is 160 Å². The first kappa shape index (κ1) is 18.2. The standard InChI is InChI=1S/C18H19N3O4S2/c1-11-17(13-4-2-3-5-14(13)19-11)15(22)9-26-18-21-20-16(25-18)8-12-6-7-27(23,24)10-12/h2-5,12,19H,6-10H2,1H3/t12-/m1/s1. The molecule has 3 heterocycles. The van der Waals surface area contributed by atoms with Gasteiger partial charge in [-0.3, -0.25) is 4.79 Å². The third kappa shape index (κ3) is 3.93. The topological polar surface area (TPSA) is 106 Å². The molecule has 1 aromatic carbocycles. The second kappa shape index (κ2) is 7.12. The third-order valence-electron chi connectivity index (χ3n) is 4.74. The van der Waals surface area contributed by atoms with Crippen LogP contribution in [0, 0.1) is 12.8 Å². The number of thioether (sulfide) groups is 1. The summed E-state index contributed by atoms with van der Waals surface area (Å²) in [7, 11) is -2.92. The number of fused-ring (bicyclic) bond motifs is 1. The summed E-state index contributed by atoms with van der Waals surface area (Å²) in [6, 6.07) is 7.71. The molecule has 27 heavy (non-hydrogen) atoms. The number of sulfone groups is 1. The second-order valence-corrected chi connectivity index (χ2v) is 9.97. The van der Waals surface area contributed by atoms with Crippen molar-refractivity contribution in [3.8, 4) is 0 Å². The van der Waals surface area contributed by atoms with Crippen molar-refractivity contribution in [3.05, 3.63) is 41.4 Å². The molecule has 1 saturated heterocycles. The zero-order valence-electron chi connectivity index (χ0n) is 14.8. The van der Waals surface area contributed by atoms with Crippen LogP contribution in [0.2, 0.25) is 0 Å². The molecule has 2 aromatic heterocycles. The molecule has 1 fully saturated rings. The van der Waals surface area contributed by atoms with Gasteiger partial charge in [-0.25, -0.2) is 8.42 Å². The maximum absolute atomic E-state index is 12.7. The van der Waals surface area contributed by atoms with Gasteiger partial charge in [0.2, 0.25) is 5.89 Å². The molecule has 1 atom stereocenters. The van der Waals surface area contributed by atoms with Crippen LogP contribution in [-0.2, 0) is 16.3 Å². The van der Waals surface area contributed by atoms with Gasteiger partial charge in [-0.1, -0.05) is 30.0 Å². The number of carbonyl (C=O) groups is 1. The average molecular weight is 406 g/mol. The van der Waals surface area contributed by atoms with Crippen molar-refractivity contribution in [1.82, 2.24) is 15.2 Å². The summed E-state index contributed by atoms with van der Waals surface area (Å²) in [5, 5.41) is 9.20. The van der Waals surface area contributed by atoms with Gasteiger partial charge in [-0.15, -0.1) is 10.2 Å². The zero-order chi connectivity index (χ0) is 19.0. The zero-order valence-corrected chi connectivity index (χ0v) is 16.4. The summed E-state index contributed by atoms with van der Waals surface area (Å²) in [5.41, 5.74) is 2.47. The van der Waals surface area contributed by atoms with E-state index in [0.29, 0.717) is 29.5 Å². The van der Waals surface area contributed by atoms with Gasteiger partial charge in [-0.2, -0.15) is 0 Å². The lowest BCUT2D eigenvalue weighted by Crippen LogP contribution is -2.07. The fraction of sp³-hybridized carbons (Fsp3) is 0.389. The van der Waals surface area contributed by atoms with Gasteiger partial charge in [-0.05, 0) is 25.3 Å². The summed E-state index contributed by atoms with van der Waals surface area (Å²) < 4.78 is 28.7. The summed E-state index contributed by atoms with van der Waals surface area (Å²) in [6.07, 6.45) is 1.09. The van der Waals surface area contributed by atoms with Crippen molar-refractivity contribution >= 4 is 38.3 Å². The smallest absolute Gasteiger partial charge is 0.277 e. The number of nitrogens with one attached hydrogen (secondary N) is 1. The molecule has 142 valence electrons. The van der Waals surface area contributed by atoms with Crippen LogP contribution in [0.15, 0.2) is 33.9 Å². The van der Waals surface area contributed by atoms with Crippen molar-refractivity contribution in [3.63, 3.8) is 0 Å². The fourth-order valence-corrected chi connectivity index (χ4v) is 6.01. The number of ketones is 1. The van der Waals surface area contributed by atoms with E-state index in [1.54, 1.807) is 0 Å². The SMILES string of the molecule is Cc1[nH]c2ccccc2c1C(=O)CSc1nnc(C[C@H]2CCS(=O)(=O)C2)o1. The molecule has 1 N–H and O–H groups in total. The Bertz CT molecular complexity index is 1100. The van der Waals surface area contributed by atoms with Crippen molar-refractivity contribution in [1.29, 1.82) is 0 Å². The molecule has 1 aliphatic rings. The van der Waals surface area contributed by atoms with E-state index in [1.807, 2.05) is 31.2 Å². The molecule has 0 saturated carbocycles. The van der Waals surface area contributed by atoms with Crippen molar-refractivity contribution in [2.75, 3.05) is 17.3 Å². The van der Waals surface area contributed by atoms with E-state index >= 15 is 0 Å². The van der Waals surface area contributed by atoms with E-state index in [9.17, 15) is 13.2 Å². The lowest BCUT2D eigenvalue weighted by molar-refractivity contribution is 0.102. The van der Waals surface area contributed by atoms with E-state index in [-0.39, 0.29) is 29.0 Å². The molecule has 1 aliphatic heterocycles. The third-order valence-corrected chi connectivity index (χ3v) is 7.39. The number of Topliss-reactive ketones (excluding diaryl/α,β-unsaturated/α-hetero) is 1. The number of benzene rings is 1. The van der Waals surface area contributed by atoms with Gasteiger partial charge < -0.3 is 9.40 Å². The number of carbonyl (C=O) groups excluding carboxylic acids is 1. The van der Waals surface area contributed by atoms with Crippen LogP contribution in [0.4, 0.5) is 0 Å². The van der Waals surface area contributed by atoms with Gasteiger partial charge in [0, 0.05) is 28.6 Å². The molecule has 0 bridgehead atoms. The molecule has 0 spiro atoms. The quantitative estimate of drug-likeness (QED) is 0.496. The summed E-state index contributed by atoms with van der Waals surface area (Å²) in [6.45, 7) is 1.89. The van der Waals surface area contributed by atoms with Crippen LogP contribution < -0.4 is 0 Å². The Morgan fingerprint density at radius 3 is 2.93 bits per heavy atom. The normalized spacial score (nSPS) is 18.9. The molecule has 3 aromatic rings. The Kier molecular flexibility index (Phi) is 4.81. The van der Waals surface area contributed by atoms with Gasteiger partial charge >= 0.3 is 0 Å². The second-order valence-electron chi connectivity index (χ2n) is 6.82. The number of para-hydroxylation sites is 1. The molecule has 0 radical (unpaired) electrons. The van der Waals surface area contributed by atoms with Crippen molar-refractivity contribution < 1.29 is 17.6 Å². The van der Waals surface area contributed by atoms with E-state index < -0.39 is 9.84 Å². The molecule has 0 aliphatic carbocycles. The number of rotatable bonds is 6. The molecule has 0 unspecified atom stereocenters. The molecule has 9 heteroatoms. The minimum atomic E-state index is -2.92. The number of nitrogens with zero attached hydrogens (tertiary/aromatic N) is 2. The lowest BCUT2D eigenvalue weighted by atomic mass is 10.1. The predicted molar refractivity (Wildman–Crippen MR) is 103 cm³/mol. The number of hydrogen-bond donors (Lipinski definition) is 1. The van der Waals surface area contributed by atoms with Crippen molar-refractivity contribution in [2.45, 2.75) is 25.0 Å². The van der Waals surface area contributed by atoms with E-state index in [0.717, 1.165) is 16.6 Å². The van der Waals surface area contributed by atoms with Crippen LogP contribution >= 0.6 is 11.8 Å². The first-order valence-electron chi connectivity index (χ1n) is 8.67. The Hall–Kier alpha value is -2.13. The van der Waals surface area contributed by atoms with E-state index in [2.05, 4.69) is 15.2 Å². The maximum atomic E-state index is 12.7. The average Bonchev–Trinajstić information content (AvgIpc) is 3.29. The van der Waals surface area contributed by atoms with Gasteiger partial charge in [0.25, 0.3) is 5.22 Å². The fourth-order valence-electron chi connectivity index (χ4n) is 3.49. The monoisotopic (exact) mass is 405 g/mol. The number of aromatic nitrogens is 3.